The fourth-order valence-corrected chi connectivity index (χ4v) is 5.26. The number of nitrogens with zero attached hydrogens (tertiary/aromatic N) is 1. The number of aliphatic hydroxyl groups is 2. The van der Waals surface area contributed by atoms with Crippen LogP contribution in [0.3, 0.4) is 0 Å². The molecule has 0 spiro atoms. The van der Waals surface area contributed by atoms with E-state index in [1.54, 1.807) is 0 Å². The van der Waals surface area contributed by atoms with E-state index in [0.29, 0.717) is 13.2 Å². The molecule has 0 saturated carbocycles. The minimum atomic E-state index is -0.250. The number of aliphatic hydroxyl groups excluding tert-OH is 2. The SMILES string of the molecule is C=O.CC.CC.CC.CCCCCCCCC(C)CCCCCCCN(CCO)CCCCCCC.CCCCCCCCCO.O=CO. The van der Waals surface area contributed by atoms with Gasteiger partial charge >= 0.3 is 0 Å². The van der Waals surface area contributed by atoms with Crippen molar-refractivity contribution in [1.82, 2.24) is 4.90 Å². The standard InChI is InChI=1S/C26H55NO.C9H20O.3C2H6.CH2O2.CH2O/c1-4-6-8-10-12-16-20-26(3)21-17-13-11-15-19-23-27(24-25-28)22-18-14-9-7-5-2;1-2-3-4-5-6-7-8-9-10;3*1-2;2-1-3;1-2/h26,28H,4-25H2,1-3H3;10H,2-9H2,1H3;3*1-2H3;1H,(H,2,3);1H2. The maximum absolute atomic E-state index is 9.28. The van der Waals surface area contributed by atoms with Gasteiger partial charge in [-0.15, -0.1) is 0 Å². The van der Waals surface area contributed by atoms with Crippen LogP contribution in [0.2, 0.25) is 0 Å². The van der Waals surface area contributed by atoms with Gasteiger partial charge in [0.25, 0.3) is 6.47 Å². The zero-order valence-corrected chi connectivity index (χ0v) is 35.7. The fourth-order valence-electron chi connectivity index (χ4n) is 5.26. The van der Waals surface area contributed by atoms with Crippen molar-refractivity contribution in [3.63, 3.8) is 0 Å². The summed E-state index contributed by atoms with van der Waals surface area (Å²) in [5.41, 5.74) is 0. The van der Waals surface area contributed by atoms with Crippen LogP contribution < -0.4 is 0 Å². The number of carbonyl (C=O) groups excluding carboxylic acids is 1. The van der Waals surface area contributed by atoms with Crippen LogP contribution in [0, 0.1) is 5.92 Å². The predicted molar refractivity (Wildman–Crippen MR) is 222 cm³/mol. The van der Waals surface area contributed by atoms with Crippen LogP contribution in [-0.4, -0.2) is 66.3 Å². The minimum absolute atomic E-state index is 0.250. The molecule has 0 aromatic rings. The summed E-state index contributed by atoms with van der Waals surface area (Å²) in [6.07, 6.45) is 34.0. The van der Waals surface area contributed by atoms with Gasteiger partial charge < -0.3 is 25.0 Å². The van der Waals surface area contributed by atoms with E-state index in [2.05, 4.69) is 32.6 Å². The Labute approximate surface area is 311 Å². The molecule has 1 unspecified atom stereocenters. The van der Waals surface area contributed by atoms with Crippen molar-refractivity contribution >= 4 is 13.3 Å². The monoisotopic (exact) mass is 708 g/mol. The molecule has 0 aliphatic carbocycles. The molecule has 0 fully saturated rings. The average molecular weight is 708 g/mol. The van der Waals surface area contributed by atoms with Gasteiger partial charge in [0.15, 0.2) is 0 Å². The number of hydrogen-bond donors (Lipinski definition) is 3. The van der Waals surface area contributed by atoms with E-state index in [4.69, 9.17) is 19.8 Å². The lowest BCUT2D eigenvalue weighted by atomic mass is 9.96. The van der Waals surface area contributed by atoms with E-state index in [0.717, 1.165) is 18.9 Å². The van der Waals surface area contributed by atoms with Crippen molar-refractivity contribution in [3.05, 3.63) is 0 Å². The normalized spacial score (nSPS) is 10.1. The molecule has 0 amide bonds. The highest BCUT2D eigenvalue weighted by Crippen LogP contribution is 2.18. The van der Waals surface area contributed by atoms with Crippen molar-refractivity contribution in [2.24, 2.45) is 5.92 Å². The van der Waals surface area contributed by atoms with Gasteiger partial charge in [0.2, 0.25) is 0 Å². The second-order valence-corrected chi connectivity index (χ2v) is 12.1. The molecule has 0 aromatic heterocycles. The van der Waals surface area contributed by atoms with Crippen LogP contribution in [0.5, 0.6) is 0 Å². The van der Waals surface area contributed by atoms with Crippen molar-refractivity contribution in [2.45, 2.75) is 230 Å². The zero-order valence-electron chi connectivity index (χ0n) is 35.7. The highest BCUT2D eigenvalue weighted by atomic mass is 16.3. The summed E-state index contributed by atoms with van der Waals surface area (Å²) >= 11 is 0. The van der Waals surface area contributed by atoms with Crippen molar-refractivity contribution in [3.8, 4) is 0 Å². The first-order chi connectivity index (χ1) is 24.1. The molecule has 1 atom stereocenters. The average Bonchev–Trinajstić information content (AvgIpc) is 3.14. The molecular formula is C43H97NO5. The van der Waals surface area contributed by atoms with E-state index >= 15 is 0 Å². The first-order valence-electron chi connectivity index (χ1n) is 21.4. The molecule has 0 bridgehead atoms. The molecule has 0 heterocycles. The molecule has 0 rings (SSSR count). The van der Waals surface area contributed by atoms with Gasteiger partial charge in [-0.25, -0.2) is 0 Å². The summed E-state index contributed by atoms with van der Waals surface area (Å²) in [6, 6.07) is 0. The molecule has 0 saturated heterocycles. The molecule has 0 aliphatic heterocycles. The molecule has 49 heavy (non-hydrogen) atoms. The van der Waals surface area contributed by atoms with Gasteiger partial charge in [-0.1, -0.05) is 210 Å². The van der Waals surface area contributed by atoms with Gasteiger partial charge in [-0.05, 0) is 38.3 Å². The van der Waals surface area contributed by atoms with Crippen molar-refractivity contribution in [1.29, 1.82) is 0 Å². The third-order valence-corrected chi connectivity index (χ3v) is 7.98. The largest absolute Gasteiger partial charge is 0.483 e. The molecule has 0 aliphatic rings. The van der Waals surface area contributed by atoms with E-state index in [-0.39, 0.29) is 6.47 Å². The molecule has 6 nitrogen and oxygen atoms in total. The molecule has 0 aromatic carbocycles. The first kappa shape index (κ1) is 63.1. The molecule has 6 heteroatoms. The second kappa shape index (κ2) is 76.8. The molecular weight excluding hydrogens is 610 g/mol. The maximum atomic E-state index is 9.28. The van der Waals surface area contributed by atoms with Crippen LogP contribution in [0.25, 0.3) is 0 Å². The first-order valence-corrected chi connectivity index (χ1v) is 21.4. The Morgan fingerprint density at radius 3 is 1.02 bits per heavy atom. The Hall–Kier alpha value is -0.980. The van der Waals surface area contributed by atoms with Crippen molar-refractivity contribution in [2.75, 3.05) is 32.8 Å². The van der Waals surface area contributed by atoms with Crippen LogP contribution in [-0.2, 0) is 9.59 Å². The van der Waals surface area contributed by atoms with E-state index in [1.165, 1.54) is 167 Å². The van der Waals surface area contributed by atoms with E-state index < -0.39 is 0 Å². The molecule has 304 valence electrons. The second-order valence-electron chi connectivity index (χ2n) is 12.1. The minimum Gasteiger partial charge on any atom is -0.483 e. The number of unbranched alkanes of at least 4 members (excludes halogenated alkanes) is 19. The van der Waals surface area contributed by atoms with Gasteiger partial charge in [-0.3, -0.25) is 4.79 Å². The van der Waals surface area contributed by atoms with E-state index in [1.807, 2.05) is 48.3 Å². The number of hydrogen-bond acceptors (Lipinski definition) is 5. The number of rotatable bonds is 30. The fraction of sp³-hybridized carbons (Fsp3) is 0.953. The van der Waals surface area contributed by atoms with Crippen molar-refractivity contribution < 1.29 is 24.9 Å². The summed E-state index contributed by atoms with van der Waals surface area (Å²) in [5, 5.41) is 24.6. The topological polar surface area (TPSA) is 98.1 Å². The predicted octanol–water partition coefficient (Wildman–Crippen LogP) is 13.3. The Morgan fingerprint density at radius 2 is 0.735 bits per heavy atom. The molecule has 3 N–H and O–H groups in total. The van der Waals surface area contributed by atoms with Crippen LogP contribution in [0.4, 0.5) is 0 Å². The van der Waals surface area contributed by atoms with Crippen LogP contribution >= 0.6 is 0 Å². The summed E-state index contributed by atoms with van der Waals surface area (Å²) in [5.74, 6) is 0.930. The lowest BCUT2D eigenvalue weighted by molar-refractivity contribution is -0.122. The quantitative estimate of drug-likeness (QED) is 0.0508. The summed E-state index contributed by atoms with van der Waals surface area (Å²) in [6.45, 7) is 26.9. The summed E-state index contributed by atoms with van der Waals surface area (Å²) in [7, 11) is 0. The Bertz CT molecular complexity index is 446. The van der Waals surface area contributed by atoms with Gasteiger partial charge in [-0.2, -0.15) is 0 Å². The number of carboxylic acid groups (broad SMARTS) is 1. The third kappa shape index (κ3) is 82.3. The van der Waals surface area contributed by atoms with Gasteiger partial charge in [0.1, 0.15) is 6.79 Å². The smallest absolute Gasteiger partial charge is 0.290 e. The van der Waals surface area contributed by atoms with Crippen LogP contribution in [0.15, 0.2) is 0 Å². The summed E-state index contributed by atoms with van der Waals surface area (Å²) < 4.78 is 0. The highest BCUT2D eigenvalue weighted by molar-refractivity contribution is 5.32. The Morgan fingerprint density at radius 1 is 0.469 bits per heavy atom. The maximum Gasteiger partial charge on any atom is 0.290 e. The Kier molecular flexibility index (Phi) is 98.8. The van der Waals surface area contributed by atoms with Crippen LogP contribution in [0.1, 0.15) is 230 Å². The highest BCUT2D eigenvalue weighted by Gasteiger charge is 2.05. The van der Waals surface area contributed by atoms with E-state index in [9.17, 15) is 5.11 Å². The molecule has 0 radical (unpaired) electrons. The third-order valence-electron chi connectivity index (χ3n) is 7.98. The zero-order chi connectivity index (χ0) is 39.1. The number of carbonyl (C=O) groups is 2. The lowest BCUT2D eigenvalue weighted by Crippen LogP contribution is -2.29. The van der Waals surface area contributed by atoms with Gasteiger partial charge in [0.05, 0.1) is 6.61 Å². The Balaban J connectivity index is -0.000000138. The lowest BCUT2D eigenvalue weighted by Gasteiger charge is -2.21. The summed E-state index contributed by atoms with van der Waals surface area (Å²) in [4.78, 5) is 18.8. The van der Waals surface area contributed by atoms with Gasteiger partial charge in [0, 0.05) is 13.2 Å².